The molecule has 0 atom stereocenters. The summed E-state index contributed by atoms with van der Waals surface area (Å²) in [6.07, 6.45) is -2.04. The Hall–Kier alpha value is -4.22. The van der Waals surface area contributed by atoms with Gasteiger partial charge in [-0.2, -0.15) is 13.2 Å². The van der Waals surface area contributed by atoms with Gasteiger partial charge in [0.2, 0.25) is 5.91 Å². The standard InChI is InChI=1S/C33H36F3N5O3/c1-22-17-24(7-10-27(22)39-31(42)18-23-5-8-25(9-6-23)33(34,35)36)32-26-19-29(43-3)30(20-28(26)37-21-38-32)44-16-4-11-41-14-12-40(2)13-15-41/h5-10,17,19-21H,4,11-16,18H2,1-3H3,(H,39,42). The lowest BCUT2D eigenvalue weighted by atomic mass is 10.0. The molecule has 0 unspecified atom stereocenters. The van der Waals surface area contributed by atoms with Crippen molar-refractivity contribution >= 4 is 22.5 Å². The van der Waals surface area contributed by atoms with E-state index in [2.05, 4.69) is 32.1 Å². The van der Waals surface area contributed by atoms with Crippen molar-refractivity contribution in [3.63, 3.8) is 0 Å². The number of halogens is 3. The lowest BCUT2D eigenvalue weighted by Gasteiger charge is -2.32. The molecule has 1 N–H and O–H groups in total. The van der Waals surface area contributed by atoms with E-state index in [4.69, 9.17) is 9.47 Å². The number of carbonyl (C=O) groups excluding carboxylic acids is 1. The molecule has 0 bridgehead atoms. The third-order valence-electron chi connectivity index (χ3n) is 7.81. The Bertz CT molecular complexity index is 1600. The van der Waals surface area contributed by atoms with Gasteiger partial charge < -0.3 is 24.6 Å². The van der Waals surface area contributed by atoms with Crippen LogP contribution in [-0.4, -0.2) is 79.2 Å². The first-order valence-electron chi connectivity index (χ1n) is 14.5. The highest BCUT2D eigenvalue weighted by Gasteiger charge is 2.30. The van der Waals surface area contributed by atoms with Gasteiger partial charge in [0.25, 0.3) is 0 Å². The van der Waals surface area contributed by atoms with E-state index in [0.29, 0.717) is 35.1 Å². The Kier molecular flexibility index (Phi) is 9.65. The predicted octanol–water partition coefficient (Wildman–Crippen LogP) is 5.83. The Morgan fingerprint density at radius 3 is 2.41 bits per heavy atom. The van der Waals surface area contributed by atoms with Crippen LogP contribution in [0.15, 0.2) is 60.9 Å². The second kappa shape index (κ2) is 13.6. The van der Waals surface area contributed by atoms with Crippen LogP contribution in [-0.2, 0) is 17.4 Å². The number of hydrogen-bond donors (Lipinski definition) is 1. The van der Waals surface area contributed by atoms with Crippen molar-refractivity contribution in [1.29, 1.82) is 0 Å². The van der Waals surface area contributed by atoms with E-state index >= 15 is 0 Å². The number of fused-ring (bicyclic) bond motifs is 1. The lowest BCUT2D eigenvalue weighted by molar-refractivity contribution is -0.137. The Labute approximate surface area is 254 Å². The summed E-state index contributed by atoms with van der Waals surface area (Å²) < 4.78 is 50.3. The average Bonchev–Trinajstić information content (AvgIpc) is 3.00. The molecule has 4 aromatic rings. The first kappa shape index (κ1) is 31.2. The maximum absolute atomic E-state index is 12.8. The van der Waals surface area contributed by atoms with Crippen molar-refractivity contribution in [2.45, 2.75) is 25.9 Å². The van der Waals surface area contributed by atoms with E-state index in [1.54, 1.807) is 13.2 Å². The van der Waals surface area contributed by atoms with Gasteiger partial charge in [0.05, 0.1) is 36.9 Å². The lowest BCUT2D eigenvalue weighted by Crippen LogP contribution is -2.44. The highest BCUT2D eigenvalue weighted by Crippen LogP contribution is 2.36. The largest absolute Gasteiger partial charge is 0.493 e. The zero-order valence-corrected chi connectivity index (χ0v) is 25.1. The predicted molar refractivity (Wildman–Crippen MR) is 164 cm³/mol. The first-order chi connectivity index (χ1) is 21.1. The van der Waals surface area contributed by atoms with E-state index < -0.39 is 11.7 Å². The van der Waals surface area contributed by atoms with Crippen LogP contribution in [0.25, 0.3) is 22.2 Å². The first-order valence-corrected chi connectivity index (χ1v) is 14.5. The average molecular weight is 608 g/mol. The molecular formula is C33H36F3N5O3. The normalized spacial score (nSPS) is 14.5. The van der Waals surface area contributed by atoms with Crippen molar-refractivity contribution in [2.24, 2.45) is 0 Å². The molecule has 1 amide bonds. The third kappa shape index (κ3) is 7.64. The van der Waals surface area contributed by atoms with Crippen LogP contribution in [0.2, 0.25) is 0 Å². The molecule has 0 spiro atoms. The topological polar surface area (TPSA) is 79.8 Å². The van der Waals surface area contributed by atoms with E-state index in [9.17, 15) is 18.0 Å². The summed E-state index contributed by atoms with van der Waals surface area (Å²) in [5, 5.41) is 3.66. The molecule has 0 radical (unpaired) electrons. The molecular weight excluding hydrogens is 571 g/mol. The molecule has 3 aromatic carbocycles. The molecule has 11 heteroatoms. The van der Waals surface area contributed by atoms with E-state index in [1.807, 2.05) is 31.2 Å². The zero-order valence-electron chi connectivity index (χ0n) is 25.1. The number of likely N-dealkylation sites (N-methyl/N-ethyl adjacent to an activating group) is 1. The fourth-order valence-electron chi connectivity index (χ4n) is 5.25. The number of nitrogens with zero attached hydrogens (tertiary/aromatic N) is 4. The molecule has 44 heavy (non-hydrogen) atoms. The van der Waals surface area contributed by atoms with Crippen LogP contribution < -0.4 is 14.8 Å². The zero-order chi connectivity index (χ0) is 31.3. The summed E-state index contributed by atoms with van der Waals surface area (Å²) >= 11 is 0. The van der Waals surface area contributed by atoms with Gasteiger partial charge in [-0.3, -0.25) is 4.79 Å². The number of nitrogens with one attached hydrogen (secondary N) is 1. The smallest absolute Gasteiger partial charge is 0.416 e. The monoisotopic (exact) mass is 607 g/mol. The highest BCUT2D eigenvalue weighted by molar-refractivity contribution is 5.96. The van der Waals surface area contributed by atoms with Crippen LogP contribution in [0.3, 0.4) is 0 Å². The molecule has 5 rings (SSSR count). The molecule has 0 saturated carbocycles. The maximum Gasteiger partial charge on any atom is 0.416 e. The minimum absolute atomic E-state index is 0.0457. The minimum atomic E-state index is -4.42. The van der Waals surface area contributed by atoms with Crippen LogP contribution in [0.5, 0.6) is 11.5 Å². The van der Waals surface area contributed by atoms with Crippen LogP contribution in [0.1, 0.15) is 23.1 Å². The van der Waals surface area contributed by atoms with Gasteiger partial charge in [0.15, 0.2) is 11.5 Å². The number of carbonyl (C=O) groups is 1. The molecule has 0 aliphatic carbocycles. The van der Waals surface area contributed by atoms with Gasteiger partial charge in [-0.05, 0) is 61.9 Å². The van der Waals surface area contributed by atoms with Crippen LogP contribution in [0, 0.1) is 6.92 Å². The quantitative estimate of drug-likeness (QED) is 0.227. The Morgan fingerprint density at radius 1 is 0.977 bits per heavy atom. The van der Waals surface area contributed by atoms with Gasteiger partial charge in [-0.15, -0.1) is 0 Å². The van der Waals surface area contributed by atoms with E-state index in [1.165, 1.54) is 18.5 Å². The van der Waals surface area contributed by atoms with Crippen LogP contribution >= 0.6 is 0 Å². The molecule has 232 valence electrons. The number of aryl methyl sites for hydroxylation is 1. The third-order valence-corrected chi connectivity index (χ3v) is 7.81. The van der Waals surface area contributed by atoms with Crippen molar-refractivity contribution in [2.75, 3.05) is 58.8 Å². The van der Waals surface area contributed by atoms with Crippen molar-refractivity contribution in [1.82, 2.24) is 19.8 Å². The van der Waals surface area contributed by atoms with Gasteiger partial charge in [0.1, 0.15) is 6.33 Å². The number of hydrogen-bond acceptors (Lipinski definition) is 7. The number of rotatable bonds is 10. The number of ether oxygens (including phenoxy) is 2. The molecule has 1 aromatic heterocycles. The van der Waals surface area contributed by atoms with E-state index in [0.717, 1.165) is 73.3 Å². The fraction of sp³-hybridized carbons (Fsp3) is 0.364. The molecule has 8 nitrogen and oxygen atoms in total. The number of methoxy groups -OCH3 is 1. The summed E-state index contributed by atoms with van der Waals surface area (Å²) in [6, 6.07) is 13.9. The number of aromatic nitrogens is 2. The van der Waals surface area contributed by atoms with Crippen molar-refractivity contribution in [3.05, 3.63) is 77.6 Å². The molecule has 1 aliphatic heterocycles. The van der Waals surface area contributed by atoms with Gasteiger partial charge >= 0.3 is 6.18 Å². The van der Waals surface area contributed by atoms with Gasteiger partial charge in [0, 0.05) is 55.4 Å². The summed E-state index contributed by atoms with van der Waals surface area (Å²) in [7, 11) is 3.75. The summed E-state index contributed by atoms with van der Waals surface area (Å²) in [6.45, 7) is 7.75. The number of anilines is 1. The Morgan fingerprint density at radius 2 is 1.73 bits per heavy atom. The second-order valence-corrected chi connectivity index (χ2v) is 11.0. The molecule has 2 heterocycles. The summed E-state index contributed by atoms with van der Waals surface area (Å²) in [5.74, 6) is 0.899. The number of benzene rings is 3. The van der Waals surface area contributed by atoms with Crippen molar-refractivity contribution < 1.29 is 27.4 Å². The molecule has 1 fully saturated rings. The van der Waals surface area contributed by atoms with E-state index in [-0.39, 0.29) is 12.3 Å². The van der Waals surface area contributed by atoms with Gasteiger partial charge in [-0.25, -0.2) is 9.97 Å². The maximum atomic E-state index is 12.8. The Balaban J connectivity index is 1.25. The minimum Gasteiger partial charge on any atom is -0.493 e. The summed E-state index contributed by atoms with van der Waals surface area (Å²) in [4.78, 5) is 26.5. The highest BCUT2D eigenvalue weighted by atomic mass is 19.4. The number of alkyl halides is 3. The van der Waals surface area contributed by atoms with Gasteiger partial charge in [-0.1, -0.05) is 18.2 Å². The number of piperazine rings is 1. The van der Waals surface area contributed by atoms with Crippen molar-refractivity contribution in [3.8, 4) is 22.8 Å². The molecule has 1 saturated heterocycles. The summed E-state index contributed by atoms with van der Waals surface area (Å²) in [5.41, 5.74) is 3.42. The fourth-order valence-corrected chi connectivity index (χ4v) is 5.25. The SMILES string of the molecule is COc1cc2c(-c3ccc(NC(=O)Cc4ccc(C(F)(F)F)cc4)c(C)c3)ncnc2cc1OCCCN1CCN(C)CC1. The second-order valence-electron chi connectivity index (χ2n) is 11.0. The molecule has 1 aliphatic rings. The van der Waals surface area contributed by atoms with Crippen LogP contribution in [0.4, 0.5) is 18.9 Å². The number of amides is 1.